The number of amides is 1. The number of nitrogens with one attached hydrogen (secondary N) is 2. The van der Waals surface area contributed by atoms with Crippen LogP contribution in [0.25, 0.3) is 27.9 Å². The zero-order chi connectivity index (χ0) is 20.8. The molecule has 0 unspecified atom stereocenters. The standard InChI is InChI=1S/C22H24N8O/c31-21-18(7-3-4-10-23-21)26-22-25-17-6-2-1-5-16(17)20-27-19(28-30(20)22)15-11-24-29(13-15)12-14-8-9-14/h1-2,5-6,11,13-14,18H,3-4,7-10,12H2,(H,23,31)(H,25,26)/t18-/m1/s1. The first-order valence-electron chi connectivity index (χ1n) is 11.0. The maximum atomic E-state index is 12.5. The highest BCUT2D eigenvalue weighted by Crippen LogP contribution is 2.31. The van der Waals surface area contributed by atoms with Gasteiger partial charge in [0.15, 0.2) is 11.5 Å². The molecule has 1 aliphatic heterocycles. The Balaban J connectivity index is 1.43. The van der Waals surface area contributed by atoms with Gasteiger partial charge in [0.05, 0.1) is 17.3 Å². The van der Waals surface area contributed by atoms with Crippen LogP contribution in [0.5, 0.6) is 0 Å². The van der Waals surface area contributed by atoms with Gasteiger partial charge in [0.25, 0.3) is 0 Å². The number of rotatable bonds is 5. The number of hydrogen-bond donors (Lipinski definition) is 2. The molecule has 1 amide bonds. The van der Waals surface area contributed by atoms with E-state index in [1.54, 1.807) is 4.52 Å². The number of para-hydroxylation sites is 1. The topological polar surface area (TPSA) is 102 Å². The van der Waals surface area contributed by atoms with E-state index in [-0.39, 0.29) is 11.9 Å². The van der Waals surface area contributed by atoms with Crippen LogP contribution >= 0.6 is 0 Å². The highest BCUT2D eigenvalue weighted by atomic mass is 16.2. The molecule has 158 valence electrons. The molecule has 1 saturated carbocycles. The summed E-state index contributed by atoms with van der Waals surface area (Å²) >= 11 is 0. The Morgan fingerprint density at radius 1 is 1.13 bits per heavy atom. The zero-order valence-electron chi connectivity index (χ0n) is 17.2. The molecular weight excluding hydrogens is 392 g/mol. The van der Waals surface area contributed by atoms with Gasteiger partial charge in [0.1, 0.15) is 6.04 Å². The van der Waals surface area contributed by atoms with E-state index in [2.05, 4.69) is 15.7 Å². The van der Waals surface area contributed by atoms with Crippen LogP contribution in [0.2, 0.25) is 0 Å². The predicted octanol–water partition coefficient (Wildman–Crippen LogP) is 2.63. The minimum atomic E-state index is -0.340. The van der Waals surface area contributed by atoms with Gasteiger partial charge < -0.3 is 10.6 Å². The smallest absolute Gasteiger partial charge is 0.242 e. The zero-order valence-corrected chi connectivity index (χ0v) is 17.2. The van der Waals surface area contributed by atoms with E-state index < -0.39 is 0 Å². The van der Waals surface area contributed by atoms with Crippen molar-refractivity contribution >= 4 is 28.4 Å². The lowest BCUT2D eigenvalue weighted by molar-refractivity contribution is -0.121. The molecule has 1 aliphatic carbocycles. The first-order chi connectivity index (χ1) is 15.2. The van der Waals surface area contributed by atoms with E-state index in [0.29, 0.717) is 17.4 Å². The van der Waals surface area contributed by atoms with Gasteiger partial charge in [0, 0.05) is 24.7 Å². The van der Waals surface area contributed by atoms with Gasteiger partial charge in [-0.2, -0.15) is 9.61 Å². The van der Waals surface area contributed by atoms with Crippen molar-refractivity contribution in [2.75, 3.05) is 11.9 Å². The molecule has 4 aromatic rings. The van der Waals surface area contributed by atoms with Crippen LogP contribution in [0.4, 0.5) is 5.95 Å². The second-order valence-electron chi connectivity index (χ2n) is 8.50. The minimum Gasteiger partial charge on any atom is -0.354 e. The third kappa shape index (κ3) is 3.49. The lowest BCUT2D eigenvalue weighted by Crippen LogP contribution is -2.38. The van der Waals surface area contributed by atoms with Crippen LogP contribution in [-0.4, -0.2) is 47.9 Å². The Labute approximate surface area is 178 Å². The Morgan fingerprint density at radius 3 is 2.94 bits per heavy atom. The van der Waals surface area contributed by atoms with Gasteiger partial charge in [0.2, 0.25) is 11.9 Å². The number of carbonyl (C=O) groups excluding carboxylic acids is 1. The second kappa shape index (κ2) is 7.33. The molecule has 3 aromatic heterocycles. The van der Waals surface area contributed by atoms with Crippen molar-refractivity contribution < 1.29 is 4.79 Å². The molecule has 1 atom stereocenters. The Kier molecular flexibility index (Phi) is 4.33. The summed E-state index contributed by atoms with van der Waals surface area (Å²) in [7, 11) is 0. The SMILES string of the molecule is O=C1NCCCC[C@H]1Nc1nc2ccccc2c2nc(-c3cnn(CC4CC4)c3)nn12. The van der Waals surface area contributed by atoms with Crippen LogP contribution in [0, 0.1) is 5.92 Å². The van der Waals surface area contributed by atoms with Crippen LogP contribution in [0.3, 0.4) is 0 Å². The van der Waals surface area contributed by atoms with Gasteiger partial charge in [-0.25, -0.2) is 9.97 Å². The van der Waals surface area contributed by atoms with Crippen LogP contribution < -0.4 is 10.6 Å². The van der Waals surface area contributed by atoms with Gasteiger partial charge in [-0.05, 0) is 50.2 Å². The molecule has 31 heavy (non-hydrogen) atoms. The minimum absolute atomic E-state index is 0.00213. The molecular formula is C22H24N8O. The fourth-order valence-corrected chi connectivity index (χ4v) is 4.15. The highest BCUT2D eigenvalue weighted by Gasteiger charge is 2.24. The van der Waals surface area contributed by atoms with Crippen molar-refractivity contribution in [1.82, 2.24) is 34.7 Å². The maximum absolute atomic E-state index is 12.5. The van der Waals surface area contributed by atoms with E-state index in [9.17, 15) is 4.79 Å². The molecule has 1 saturated heterocycles. The van der Waals surface area contributed by atoms with E-state index in [4.69, 9.17) is 15.1 Å². The molecule has 9 nitrogen and oxygen atoms in total. The summed E-state index contributed by atoms with van der Waals surface area (Å²) in [6, 6.07) is 7.53. The van der Waals surface area contributed by atoms with Gasteiger partial charge in [-0.15, -0.1) is 5.10 Å². The fourth-order valence-electron chi connectivity index (χ4n) is 4.15. The monoisotopic (exact) mass is 416 g/mol. The van der Waals surface area contributed by atoms with Crippen LogP contribution in [0.1, 0.15) is 32.1 Å². The molecule has 0 spiro atoms. The number of anilines is 1. The third-order valence-corrected chi connectivity index (χ3v) is 6.05. The summed E-state index contributed by atoms with van der Waals surface area (Å²) in [6.07, 6.45) is 9.12. The van der Waals surface area contributed by atoms with Crippen molar-refractivity contribution in [3.8, 4) is 11.4 Å². The highest BCUT2D eigenvalue weighted by molar-refractivity contribution is 5.93. The van der Waals surface area contributed by atoms with Gasteiger partial charge in [-0.1, -0.05) is 12.1 Å². The first-order valence-corrected chi connectivity index (χ1v) is 11.0. The van der Waals surface area contributed by atoms with E-state index in [1.165, 1.54) is 12.8 Å². The van der Waals surface area contributed by atoms with Crippen molar-refractivity contribution in [3.63, 3.8) is 0 Å². The number of benzene rings is 1. The number of hydrogen-bond acceptors (Lipinski definition) is 6. The molecule has 2 aliphatic rings. The predicted molar refractivity (Wildman–Crippen MR) is 117 cm³/mol. The second-order valence-corrected chi connectivity index (χ2v) is 8.50. The summed E-state index contributed by atoms with van der Waals surface area (Å²) in [4.78, 5) is 22.1. The number of aromatic nitrogens is 6. The molecule has 1 aromatic carbocycles. The number of fused-ring (bicyclic) bond motifs is 3. The fraction of sp³-hybridized carbons (Fsp3) is 0.409. The molecule has 6 rings (SSSR count). The molecule has 2 fully saturated rings. The van der Waals surface area contributed by atoms with Crippen LogP contribution in [-0.2, 0) is 11.3 Å². The van der Waals surface area contributed by atoms with E-state index >= 15 is 0 Å². The third-order valence-electron chi connectivity index (χ3n) is 6.05. The number of carbonyl (C=O) groups is 1. The molecule has 9 heteroatoms. The Morgan fingerprint density at radius 2 is 2.03 bits per heavy atom. The molecule has 0 radical (unpaired) electrons. The summed E-state index contributed by atoms with van der Waals surface area (Å²) < 4.78 is 3.69. The average Bonchev–Trinajstić information content (AvgIpc) is 3.34. The van der Waals surface area contributed by atoms with Gasteiger partial charge >= 0.3 is 0 Å². The van der Waals surface area contributed by atoms with Crippen molar-refractivity contribution in [3.05, 3.63) is 36.7 Å². The first kappa shape index (κ1) is 18.3. The molecule has 2 N–H and O–H groups in total. The van der Waals surface area contributed by atoms with Crippen LogP contribution in [0.15, 0.2) is 36.7 Å². The average molecular weight is 416 g/mol. The van der Waals surface area contributed by atoms with E-state index in [0.717, 1.165) is 54.7 Å². The summed E-state index contributed by atoms with van der Waals surface area (Å²) in [6.45, 7) is 1.66. The van der Waals surface area contributed by atoms with Crippen molar-refractivity contribution in [2.45, 2.75) is 44.7 Å². The summed E-state index contributed by atoms with van der Waals surface area (Å²) in [5.41, 5.74) is 2.41. The largest absolute Gasteiger partial charge is 0.354 e. The van der Waals surface area contributed by atoms with Gasteiger partial charge in [-0.3, -0.25) is 9.48 Å². The quantitative estimate of drug-likeness (QED) is 0.519. The Bertz CT molecular complexity index is 1270. The van der Waals surface area contributed by atoms with E-state index in [1.807, 2.05) is 41.3 Å². The number of nitrogens with zero attached hydrogens (tertiary/aromatic N) is 6. The normalized spacial score (nSPS) is 19.5. The lowest BCUT2D eigenvalue weighted by Gasteiger charge is -2.16. The Hall–Kier alpha value is -3.49. The lowest BCUT2D eigenvalue weighted by atomic mass is 10.1. The molecule has 0 bridgehead atoms. The van der Waals surface area contributed by atoms with Crippen molar-refractivity contribution in [2.24, 2.45) is 5.92 Å². The summed E-state index contributed by atoms with van der Waals surface area (Å²) in [5.74, 6) is 1.88. The molecule has 4 heterocycles. The maximum Gasteiger partial charge on any atom is 0.242 e. The summed E-state index contributed by atoms with van der Waals surface area (Å²) in [5, 5.41) is 16.5. The van der Waals surface area contributed by atoms with Crippen molar-refractivity contribution in [1.29, 1.82) is 0 Å².